The summed E-state index contributed by atoms with van der Waals surface area (Å²) < 4.78 is 40.7. The Morgan fingerprint density at radius 2 is 2.12 bits per heavy atom. The van der Waals surface area contributed by atoms with E-state index in [-0.39, 0.29) is 24.4 Å². The van der Waals surface area contributed by atoms with Crippen LogP contribution in [0.5, 0.6) is 5.75 Å². The highest BCUT2D eigenvalue weighted by atomic mass is 19.1. The third-order valence-electron chi connectivity index (χ3n) is 4.69. The normalized spacial score (nSPS) is 22.3. The second kappa shape index (κ2) is 6.07. The lowest BCUT2D eigenvalue weighted by molar-refractivity contribution is -0.0628. The first-order valence-corrected chi connectivity index (χ1v) is 7.91. The van der Waals surface area contributed by atoms with Crippen molar-refractivity contribution in [3.63, 3.8) is 0 Å². The summed E-state index contributed by atoms with van der Waals surface area (Å²) in [5.74, 6) is -2.54. The highest BCUT2D eigenvalue weighted by Gasteiger charge is 2.38. The van der Waals surface area contributed by atoms with Gasteiger partial charge in [-0.25, -0.2) is 13.5 Å². The Bertz CT molecular complexity index is 802. The molecule has 7 nitrogen and oxygen atoms in total. The van der Waals surface area contributed by atoms with E-state index in [9.17, 15) is 13.6 Å². The number of rotatable bonds is 2. The Morgan fingerprint density at radius 3 is 2.84 bits per heavy atom. The molecule has 0 saturated carbocycles. The van der Waals surface area contributed by atoms with E-state index >= 15 is 0 Å². The second-order valence-corrected chi connectivity index (χ2v) is 6.09. The summed E-state index contributed by atoms with van der Waals surface area (Å²) in [6.45, 7) is 0.947. The van der Waals surface area contributed by atoms with Crippen molar-refractivity contribution < 1.29 is 23.0 Å². The number of nitrogens with zero attached hydrogens (tertiary/aromatic N) is 4. The van der Waals surface area contributed by atoms with Gasteiger partial charge in [-0.05, 0) is 6.42 Å². The molecule has 0 bridgehead atoms. The van der Waals surface area contributed by atoms with Gasteiger partial charge in [0.1, 0.15) is 22.9 Å². The van der Waals surface area contributed by atoms with Gasteiger partial charge in [0.25, 0.3) is 5.91 Å². The van der Waals surface area contributed by atoms with E-state index in [1.165, 1.54) is 12.0 Å². The van der Waals surface area contributed by atoms with Crippen LogP contribution in [0, 0.1) is 11.6 Å². The Morgan fingerprint density at radius 1 is 1.36 bits per heavy atom. The third kappa shape index (κ3) is 2.64. The molecule has 2 aliphatic rings. The Kier molecular flexibility index (Phi) is 3.87. The molecule has 0 N–H and O–H groups in total. The molecule has 0 spiro atoms. The SMILES string of the molecule is COc1cc(F)c(C(=O)N2CC[C@@H]3[C@@H](C2)OCc2cnnn23)c(F)c1. The van der Waals surface area contributed by atoms with Gasteiger partial charge in [0.2, 0.25) is 0 Å². The van der Waals surface area contributed by atoms with E-state index in [0.29, 0.717) is 19.6 Å². The first-order valence-electron chi connectivity index (χ1n) is 7.91. The van der Waals surface area contributed by atoms with Gasteiger partial charge in [-0.2, -0.15) is 0 Å². The largest absolute Gasteiger partial charge is 0.497 e. The van der Waals surface area contributed by atoms with Crippen LogP contribution >= 0.6 is 0 Å². The minimum absolute atomic E-state index is 0.0270. The van der Waals surface area contributed by atoms with Gasteiger partial charge in [-0.3, -0.25) is 4.79 Å². The topological polar surface area (TPSA) is 69.5 Å². The molecule has 3 heterocycles. The molecule has 1 aromatic heterocycles. The van der Waals surface area contributed by atoms with Gasteiger partial charge in [0, 0.05) is 25.2 Å². The average Bonchev–Trinajstić information content (AvgIpc) is 3.09. The molecule has 0 unspecified atom stereocenters. The maximum Gasteiger partial charge on any atom is 0.259 e. The summed E-state index contributed by atoms with van der Waals surface area (Å²) in [6.07, 6.45) is 1.94. The molecule has 1 saturated heterocycles. The fourth-order valence-corrected chi connectivity index (χ4v) is 3.40. The molecule has 132 valence electrons. The standard InChI is InChI=1S/C16H16F2N4O3/c1-24-10-4-11(17)15(12(18)5-10)16(23)21-3-2-13-14(7-21)25-8-9-6-19-20-22(9)13/h4-6,13-14H,2-3,7-8H2,1H3/t13-,14-/m1/s1. The van der Waals surface area contributed by atoms with Gasteiger partial charge in [-0.15, -0.1) is 5.10 Å². The second-order valence-electron chi connectivity index (χ2n) is 6.09. The van der Waals surface area contributed by atoms with Gasteiger partial charge in [0.15, 0.2) is 0 Å². The molecule has 9 heteroatoms. The monoisotopic (exact) mass is 350 g/mol. The van der Waals surface area contributed by atoms with Crippen molar-refractivity contribution in [3.8, 4) is 5.75 Å². The quantitative estimate of drug-likeness (QED) is 0.822. The maximum atomic E-state index is 14.2. The summed E-state index contributed by atoms with van der Waals surface area (Å²) in [6, 6.07) is 1.98. The van der Waals surface area contributed by atoms with Crippen molar-refractivity contribution in [2.45, 2.75) is 25.2 Å². The molecule has 1 amide bonds. The van der Waals surface area contributed by atoms with Crippen LogP contribution in [0.4, 0.5) is 8.78 Å². The first kappa shape index (κ1) is 15.9. The number of halogens is 2. The number of carbonyl (C=O) groups excluding carboxylic acids is 1. The molecule has 25 heavy (non-hydrogen) atoms. The Hall–Kier alpha value is -2.55. The summed E-state index contributed by atoms with van der Waals surface area (Å²) in [7, 11) is 1.30. The van der Waals surface area contributed by atoms with Crippen molar-refractivity contribution in [1.82, 2.24) is 19.9 Å². The van der Waals surface area contributed by atoms with E-state index in [1.807, 2.05) is 4.68 Å². The van der Waals surface area contributed by atoms with Crippen LogP contribution in [0.2, 0.25) is 0 Å². The minimum atomic E-state index is -0.938. The van der Waals surface area contributed by atoms with Crippen molar-refractivity contribution in [3.05, 3.63) is 41.2 Å². The zero-order chi connectivity index (χ0) is 17.6. The molecule has 0 aliphatic carbocycles. The van der Waals surface area contributed by atoms with Crippen LogP contribution in [0.25, 0.3) is 0 Å². The van der Waals surface area contributed by atoms with Crippen LogP contribution in [-0.4, -0.2) is 52.1 Å². The molecule has 2 atom stereocenters. The summed E-state index contributed by atoms with van der Waals surface area (Å²) >= 11 is 0. The van der Waals surface area contributed by atoms with Gasteiger partial charge < -0.3 is 14.4 Å². The highest BCUT2D eigenvalue weighted by molar-refractivity contribution is 5.95. The van der Waals surface area contributed by atoms with E-state index in [1.54, 1.807) is 6.20 Å². The van der Waals surface area contributed by atoms with E-state index in [4.69, 9.17) is 9.47 Å². The molecular weight excluding hydrogens is 334 g/mol. The van der Waals surface area contributed by atoms with Crippen LogP contribution in [-0.2, 0) is 11.3 Å². The number of hydrogen-bond acceptors (Lipinski definition) is 5. The number of fused-ring (bicyclic) bond motifs is 3. The predicted molar refractivity (Wildman–Crippen MR) is 81.1 cm³/mol. The van der Waals surface area contributed by atoms with E-state index < -0.39 is 23.1 Å². The Balaban J connectivity index is 1.56. The Labute approximate surface area is 142 Å². The van der Waals surface area contributed by atoms with Crippen molar-refractivity contribution in [1.29, 1.82) is 0 Å². The lowest BCUT2D eigenvalue weighted by Crippen LogP contribution is -2.50. The number of aromatic nitrogens is 3. The summed E-state index contributed by atoms with van der Waals surface area (Å²) in [5, 5.41) is 7.94. The van der Waals surface area contributed by atoms with Crippen molar-refractivity contribution in [2.75, 3.05) is 20.2 Å². The molecule has 1 aromatic carbocycles. The van der Waals surface area contributed by atoms with Gasteiger partial charge >= 0.3 is 0 Å². The number of amides is 1. The molecular formula is C16H16F2N4O3. The fourth-order valence-electron chi connectivity index (χ4n) is 3.40. The van der Waals surface area contributed by atoms with Crippen LogP contribution in [0.15, 0.2) is 18.3 Å². The van der Waals surface area contributed by atoms with Crippen molar-refractivity contribution in [2.24, 2.45) is 0 Å². The molecule has 0 radical (unpaired) electrons. The number of methoxy groups -OCH3 is 1. The number of likely N-dealkylation sites (tertiary alicyclic amines) is 1. The fraction of sp³-hybridized carbons (Fsp3) is 0.438. The number of benzene rings is 1. The number of ether oxygens (including phenoxy) is 2. The highest BCUT2D eigenvalue weighted by Crippen LogP contribution is 2.31. The summed E-state index contributed by atoms with van der Waals surface area (Å²) in [5.41, 5.74) is 0.310. The number of piperidine rings is 1. The van der Waals surface area contributed by atoms with E-state index in [2.05, 4.69) is 10.3 Å². The van der Waals surface area contributed by atoms with E-state index in [0.717, 1.165) is 17.8 Å². The summed E-state index contributed by atoms with van der Waals surface area (Å²) in [4.78, 5) is 14.0. The third-order valence-corrected chi connectivity index (χ3v) is 4.69. The van der Waals surface area contributed by atoms with Gasteiger partial charge in [0.05, 0.1) is 37.8 Å². The first-order chi connectivity index (χ1) is 12.1. The number of hydrogen-bond donors (Lipinski definition) is 0. The lowest BCUT2D eigenvalue weighted by Gasteiger charge is -2.41. The maximum absolute atomic E-state index is 14.2. The smallest absolute Gasteiger partial charge is 0.259 e. The average molecular weight is 350 g/mol. The van der Waals surface area contributed by atoms with Gasteiger partial charge in [-0.1, -0.05) is 5.21 Å². The van der Waals surface area contributed by atoms with Crippen LogP contribution in [0.3, 0.4) is 0 Å². The molecule has 2 aliphatic heterocycles. The molecule has 4 rings (SSSR count). The lowest BCUT2D eigenvalue weighted by atomic mass is 9.99. The van der Waals surface area contributed by atoms with Crippen LogP contribution in [0.1, 0.15) is 28.5 Å². The number of carbonyl (C=O) groups is 1. The predicted octanol–water partition coefficient (Wildman–Crippen LogP) is 1.55. The van der Waals surface area contributed by atoms with Crippen molar-refractivity contribution >= 4 is 5.91 Å². The van der Waals surface area contributed by atoms with Crippen LogP contribution < -0.4 is 4.74 Å². The zero-order valence-corrected chi connectivity index (χ0v) is 13.5. The zero-order valence-electron chi connectivity index (χ0n) is 13.5. The minimum Gasteiger partial charge on any atom is -0.497 e. The molecule has 2 aromatic rings. The molecule has 1 fully saturated rings.